The number of hydrogen-bond donors (Lipinski definition) is 1. The van der Waals surface area contributed by atoms with Gasteiger partial charge in [-0.2, -0.15) is 16.9 Å². The number of carbonyl (C=O) groups is 1. The zero-order chi connectivity index (χ0) is 17.0. The topological polar surface area (TPSA) is 71.2 Å². The fraction of sp³-hybridized carbons (Fsp3) is 0.400. The smallest absolute Gasteiger partial charge is 0.259 e. The van der Waals surface area contributed by atoms with E-state index in [-0.39, 0.29) is 5.15 Å². The van der Waals surface area contributed by atoms with Gasteiger partial charge in [0.2, 0.25) is 0 Å². The van der Waals surface area contributed by atoms with Gasteiger partial charge < -0.3 is 10.0 Å². The highest BCUT2D eigenvalue weighted by Crippen LogP contribution is 2.28. The van der Waals surface area contributed by atoms with E-state index in [9.17, 15) is 9.90 Å². The number of aliphatic hydroxyl groups is 1. The standard InChI is InChI=1S/C15H19ClN4O2S/c1-4-19(14(21)15(2,22)10-23-3)12-9-20(18-13(12)16)11-6-5-7-17-8-11/h5-9,22H,4,10H2,1-3H3. The van der Waals surface area contributed by atoms with Crippen LogP contribution in [0.3, 0.4) is 0 Å². The van der Waals surface area contributed by atoms with Crippen LogP contribution in [0.5, 0.6) is 0 Å². The van der Waals surface area contributed by atoms with Crippen LogP contribution in [0.1, 0.15) is 13.8 Å². The van der Waals surface area contributed by atoms with Gasteiger partial charge in [0.1, 0.15) is 11.3 Å². The Morgan fingerprint density at radius 3 is 2.87 bits per heavy atom. The maximum Gasteiger partial charge on any atom is 0.259 e. The number of aromatic nitrogens is 3. The van der Waals surface area contributed by atoms with Crippen molar-refractivity contribution < 1.29 is 9.90 Å². The molecule has 1 N–H and O–H groups in total. The zero-order valence-electron chi connectivity index (χ0n) is 13.2. The van der Waals surface area contributed by atoms with E-state index in [1.807, 2.05) is 19.2 Å². The van der Waals surface area contributed by atoms with Gasteiger partial charge in [-0.25, -0.2) is 4.68 Å². The second-order valence-electron chi connectivity index (χ2n) is 5.22. The minimum Gasteiger partial charge on any atom is -0.379 e. The van der Waals surface area contributed by atoms with E-state index < -0.39 is 11.5 Å². The number of thioether (sulfide) groups is 1. The first-order valence-electron chi connectivity index (χ1n) is 7.09. The lowest BCUT2D eigenvalue weighted by Crippen LogP contribution is -2.49. The van der Waals surface area contributed by atoms with E-state index in [0.29, 0.717) is 18.0 Å². The molecule has 1 amide bonds. The summed E-state index contributed by atoms with van der Waals surface area (Å²) in [5.74, 6) is -0.0987. The molecule has 0 spiro atoms. The molecule has 0 aliphatic rings. The normalized spacial score (nSPS) is 13.6. The Bertz CT molecular complexity index is 675. The Hall–Kier alpha value is -1.57. The SMILES string of the molecule is CCN(C(=O)C(C)(O)CSC)c1cn(-c2cccnc2)nc1Cl. The van der Waals surface area contributed by atoms with Crippen LogP contribution in [0.15, 0.2) is 30.7 Å². The van der Waals surface area contributed by atoms with Gasteiger partial charge in [-0.15, -0.1) is 0 Å². The first-order chi connectivity index (χ1) is 10.9. The number of halogens is 1. The average Bonchev–Trinajstić information content (AvgIpc) is 2.91. The molecule has 2 aromatic rings. The number of pyridine rings is 1. The van der Waals surface area contributed by atoms with Crippen molar-refractivity contribution >= 4 is 35.0 Å². The van der Waals surface area contributed by atoms with E-state index in [0.717, 1.165) is 5.69 Å². The van der Waals surface area contributed by atoms with Gasteiger partial charge in [0.25, 0.3) is 5.91 Å². The molecule has 124 valence electrons. The van der Waals surface area contributed by atoms with Crippen molar-refractivity contribution in [1.82, 2.24) is 14.8 Å². The number of rotatable bonds is 6. The third kappa shape index (κ3) is 3.85. The molecule has 1 unspecified atom stereocenters. The molecule has 0 radical (unpaired) electrons. The lowest BCUT2D eigenvalue weighted by atomic mass is 10.1. The van der Waals surface area contributed by atoms with Crippen molar-refractivity contribution in [2.45, 2.75) is 19.4 Å². The number of anilines is 1. The molecule has 8 heteroatoms. The van der Waals surface area contributed by atoms with E-state index in [4.69, 9.17) is 11.6 Å². The third-order valence-electron chi connectivity index (χ3n) is 3.30. The molecule has 0 saturated heterocycles. The average molecular weight is 355 g/mol. The highest BCUT2D eigenvalue weighted by atomic mass is 35.5. The molecule has 0 aliphatic heterocycles. The molecule has 0 bridgehead atoms. The van der Waals surface area contributed by atoms with Crippen LogP contribution < -0.4 is 4.90 Å². The molecule has 2 aromatic heterocycles. The number of hydrogen-bond acceptors (Lipinski definition) is 5. The second kappa shape index (κ2) is 7.33. The minimum atomic E-state index is -1.46. The predicted molar refractivity (Wildman–Crippen MR) is 93.4 cm³/mol. The number of amides is 1. The Morgan fingerprint density at radius 1 is 1.57 bits per heavy atom. The van der Waals surface area contributed by atoms with Gasteiger partial charge in [0, 0.05) is 18.5 Å². The Kier molecular flexibility index (Phi) is 5.67. The molecule has 2 rings (SSSR count). The summed E-state index contributed by atoms with van der Waals surface area (Å²) in [6, 6.07) is 3.62. The third-order valence-corrected chi connectivity index (χ3v) is 4.42. The van der Waals surface area contributed by atoms with E-state index in [2.05, 4.69) is 10.1 Å². The van der Waals surface area contributed by atoms with Crippen molar-refractivity contribution in [3.8, 4) is 5.69 Å². The number of carbonyl (C=O) groups excluding carboxylic acids is 1. The Morgan fingerprint density at radius 2 is 2.30 bits per heavy atom. The second-order valence-corrected chi connectivity index (χ2v) is 6.44. The molecule has 0 aromatic carbocycles. The summed E-state index contributed by atoms with van der Waals surface area (Å²) in [5.41, 5.74) is -0.265. The van der Waals surface area contributed by atoms with Gasteiger partial charge in [0.15, 0.2) is 5.15 Å². The fourth-order valence-electron chi connectivity index (χ4n) is 2.20. The molecular formula is C15H19ClN4O2S. The van der Waals surface area contributed by atoms with Crippen LogP contribution in [0, 0.1) is 0 Å². The maximum atomic E-state index is 12.6. The van der Waals surface area contributed by atoms with Crippen molar-refractivity contribution in [2.75, 3.05) is 23.5 Å². The van der Waals surface area contributed by atoms with Crippen molar-refractivity contribution in [2.24, 2.45) is 0 Å². The van der Waals surface area contributed by atoms with Crippen LogP contribution in [0.4, 0.5) is 5.69 Å². The summed E-state index contributed by atoms with van der Waals surface area (Å²) in [4.78, 5) is 18.1. The quantitative estimate of drug-likeness (QED) is 0.862. The lowest BCUT2D eigenvalue weighted by molar-refractivity contribution is -0.133. The highest BCUT2D eigenvalue weighted by Gasteiger charge is 2.35. The summed E-state index contributed by atoms with van der Waals surface area (Å²) in [6.07, 6.45) is 6.81. The molecular weight excluding hydrogens is 336 g/mol. The van der Waals surface area contributed by atoms with Crippen LogP contribution in [-0.2, 0) is 4.79 Å². The van der Waals surface area contributed by atoms with Crippen molar-refractivity contribution in [1.29, 1.82) is 0 Å². The highest BCUT2D eigenvalue weighted by molar-refractivity contribution is 7.98. The summed E-state index contributed by atoms with van der Waals surface area (Å²) < 4.78 is 1.56. The molecule has 2 heterocycles. The maximum absolute atomic E-state index is 12.6. The van der Waals surface area contributed by atoms with Gasteiger partial charge in [-0.3, -0.25) is 9.78 Å². The fourth-order valence-corrected chi connectivity index (χ4v) is 3.12. The van der Waals surface area contributed by atoms with Crippen LogP contribution >= 0.6 is 23.4 Å². The predicted octanol–water partition coefficient (Wildman–Crippen LogP) is 2.39. The lowest BCUT2D eigenvalue weighted by Gasteiger charge is -2.29. The van der Waals surface area contributed by atoms with E-state index >= 15 is 0 Å². The van der Waals surface area contributed by atoms with Gasteiger partial charge >= 0.3 is 0 Å². The molecule has 23 heavy (non-hydrogen) atoms. The number of nitrogens with zero attached hydrogens (tertiary/aromatic N) is 4. The largest absolute Gasteiger partial charge is 0.379 e. The molecule has 0 saturated carbocycles. The van der Waals surface area contributed by atoms with Crippen LogP contribution in [0.25, 0.3) is 5.69 Å². The first kappa shape index (κ1) is 17.8. The van der Waals surface area contributed by atoms with E-state index in [1.165, 1.54) is 23.6 Å². The monoisotopic (exact) mass is 354 g/mol. The number of likely N-dealkylation sites (N-methyl/N-ethyl adjacent to an activating group) is 1. The summed E-state index contributed by atoms with van der Waals surface area (Å²) >= 11 is 7.61. The van der Waals surface area contributed by atoms with E-state index in [1.54, 1.807) is 29.3 Å². The van der Waals surface area contributed by atoms with Gasteiger partial charge in [0.05, 0.1) is 18.1 Å². The van der Waals surface area contributed by atoms with Crippen LogP contribution in [0.2, 0.25) is 5.15 Å². The molecule has 0 aliphatic carbocycles. The Labute approximate surface area is 144 Å². The Balaban J connectivity index is 2.36. The first-order valence-corrected chi connectivity index (χ1v) is 8.86. The molecule has 1 atom stereocenters. The molecule has 0 fully saturated rings. The van der Waals surface area contributed by atoms with Crippen molar-refractivity contribution in [3.05, 3.63) is 35.9 Å². The van der Waals surface area contributed by atoms with Crippen LogP contribution in [-0.4, -0.2) is 49.9 Å². The summed E-state index contributed by atoms with van der Waals surface area (Å²) in [7, 11) is 0. The summed E-state index contributed by atoms with van der Waals surface area (Å²) in [5, 5.41) is 14.8. The zero-order valence-corrected chi connectivity index (χ0v) is 14.8. The van der Waals surface area contributed by atoms with Crippen molar-refractivity contribution in [3.63, 3.8) is 0 Å². The molecule has 6 nitrogen and oxygen atoms in total. The minimum absolute atomic E-state index is 0.198. The van der Waals surface area contributed by atoms with Gasteiger partial charge in [-0.1, -0.05) is 11.6 Å². The summed E-state index contributed by atoms with van der Waals surface area (Å²) in [6.45, 7) is 3.71. The van der Waals surface area contributed by atoms with Gasteiger partial charge in [-0.05, 0) is 32.2 Å².